The van der Waals surface area contributed by atoms with Crippen LogP contribution >= 0.6 is 0 Å². The maximum Gasteiger partial charge on any atom is 0.338 e. The summed E-state index contributed by atoms with van der Waals surface area (Å²) in [5.74, 6) is 1.98. The van der Waals surface area contributed by atoms with Crippen LogP contribution in [-0.4, -0.2) is 35.6 Å². The molecule has 0 aliphatic carbocycles. The minimum atomic E-state index is -0.320. The Morgan fingerprint density at radius 1 is 1.09 bits per heavy atom. The quantitative estimate of drug-likeness (QED) is 0.454. The smallest absolute Gasteiger partial charge is 0.338 e. The Hall–Kier alpha value is -3.61. The Balaban J connectivity index is 1.36. The number of rotatable bonds is 8. The summed E-state index contributed by atoms with van der Waals surface area (Å²) in [6.07, 6.45) is 4.87. The number of nitrogens with zero attached hydrogens (tertiary/aromatic N) is 3. The standard InChI is InChI=1S/C27H33N5O2/c1-19(2)17-34-27(33)22-8-10-23(11-9-22)31-25-24(28)26(30-18-29-25)32-14-12-21(13-15-32)16-20-6-4-3-5-7-20/h3-11,18-19,21H,12-17,28H2,1-2H3,(H,29,30,31). The number of carbonyl (C=O) groups excluding carboxylic acids is 1. The molecule has 7 heteroatoms. The van der Waals surface area contributed by atoms with Gasteiger partial charge in [-0.3, -0.25) is 0 Å². The van der Waals surface area contributed by atoms with E-state index in [0.29, 0.717) is 35.5 Å². The van der Waals surface area contributed by atoms with Crippen molar-refractivity contribution in [3.63, 3.8) is 0 Å². The van der Waals surface area contributed by atoms with Gasteiger partial charge in [-0.15, -0.1) is 0 Å². The summed E-state index contributed by atoms with van der Waals surface area (Å²) in [6, 6.07) is 17.8. The molecule has 0 unspecified atom stereocenters. The fourth-order valence-electron chi connectivity index (χ4n) is 4.19. The first kappa shape index (κ1) is 23.5. The number of piperidine rings is 1. The van der Waals surface area contributed by atoms with Crippen LogP contribution in [0.1, 0.15) is 42.6 Å². The van der Waals surface area contributed by atoms with Crippen LogP contribution in [0.2, 0.25) is 0 Å². The Kier molecular flexibility index (Phi) is 7.62. The van der Waals surface area contributed by atoms with Gasteiger partial charge in [0.25, 0.3) is 0 Å². The number of esters is 1. The molecule has 0 atom stereocenters. The normalized spacial score (nSPS) is 14.3. The fraction of sp³-hybridized carbons (Fsp3) is 0.370. The Morgan fingerprint density at radius 3 is 2.47 bits per heavy atom. The molecule has 1 aromatic heterocycles. The van der Waals surface area contributed by atoms with Gasteiger partial charge in [-0.05, 0) is 60.9 Å². The highest BCUT2D eigenvalue weighted by Gasteiger charge is 2.23. The molecule has 4 rings (SSSR count). The van der Waals surface area contributed by atoms with Crippen LogP contribution in [-0.2, 0) is 11.2 Å². The monoisotopic (exact) mass is 459 g/mol. The molecule has 0 bridgehead atoms. The number of hydrogen-bond acceptors (Lipinski definition) is 7. The van der Waals surface area contributed by atoms with Crippen molar-refractivity contribution in [2.45, 2.75) is 33.1 Å². The van der Waals surface area contributed by atoms with E-state index in [1.165, 1.54) is 5.56 Å². The number of aromatic nitrogens is 2. The molecule has 3 N–H and O–H groups in total. The highest BCUT2D eigenvalue weighted by Crippen LogP contribution is 2.32. The molecule has 1 aliphatic heterocycles. The van der Waals surface area contributed by atoms with Crippen LogP contribution in [0.5, 0.6) is 0 Å². The van der Waals surface area contributed by atoms with E-state index in [9.17, 15) is 4.79 Å². The van der Waals surface area contributed by atoms with Crippen LogP contribution in [0.3, 0.4) is 0 Å². The summed E-state index contributed by atoms with van der Waals surface area (Å²) < 4.78 is 5.28. The maximum absolute atomic E-state index is 12.1. The zero-order valence-corrected chi connectivity index (χ0v) is 19.9. The average molecular weight is 460 g/mol. The second-order valence-electron chi connectivity index (χ2n) is 9.27. The molecule has 1 fully saturated rings. The van der Waals surface area contributed by atoms with E-state index >= 15 is 0 Å². The molecule has 34 heavy (non-hydrogen) atoms. The van der Waals surface area contributed by atoms with E-state index in [2.05, 4.69) is 50.5 Å². The third-order valence-corrected chi connectivity index (χ3v) is 6.08. The second-order valence-corrected chi connectivity index (χ2v) is 9.27. The molecule has 3 aromatic rings. The molecular weight excluding hydrogens is 426 g/mol. The number of ether oxygens (including phenoxy) is 1. The van der Waals surface area contributed by atoms with Crippen molar-refractivity contribution in [2.24, 2.45) is 11.8 Å². The summed E-state index contributed by atoms with van der Waals surface area (Å²) in [5, 5.41) is 3.25. The van der Waals surface area contributed by atoms with Gasteiger partial charge in [0.2, 0.25) is 0 Å². The van der Waals surface area contributed by atoms with Crippen LogP contribution in [0.4, 0.5) is 23.0 Å². The topological polar surface area (TPSA) is 93.4 Å². The summed E-state index contributed by atoms with van der Waals surface area (Å²) in [6.45, 7) is 6.26. The molecule has 0 spiro atoms. The minimum Gasteiger partial charge on any atom is -0.462 e. The van der Waals surface area contributed by atoms with E-state index < -0.39 is 0 Å². The summed E-state index contributed by atoms with van der Waals surface area (Å²) in [7, 11) is 0. The largest absolute Gasteiger partial charge is 0.462 e. The van der Waals surface area contributed by atoms with Crippen LogP contribution in [0.15, 0.2) is 60.9 Å². The molecule has 2 aromatic carbocycles. The summed E-state index contributed by atoms with van der Waals surface area (Å²) in [5.41, 5.74) is 9.70. The van der Waals surface area contributed by atoms with Gasteiger partial charge in [0, 0.05) is 18.8 Å². The van der Waals surface area contributed by atoms with Crippen molar-refractivity contribution >= 4 is 29.0 Å². The molecule has 178 valence electrons. The van der Waals surface area contributed by atoms with E-state index in [4.69, 9.17) is 10.5 Å². The zero-order chi connectivity index (χ0) is 23.9. The van der Waals surface area contributed by atoms with E-state index in [1.54, 1.807) is 18.5 Å². The Bertz CT molecular complexity index is 1080. The Morgan fingerprint density at radius 2 is 1.79 bits per heavy atom. The number of benzene rings is 2. The maximum atomic E-state index is 12.1. The first-order valence-electron chi connectivity index (χ1n) is 11.9. The predicted octanol–water partition coefficient (Wildman–Crippen LogP) is 5.07. The number of nitrogen functional groups attached to an aromatic ring is 1. The SMILES string of the molecule is CC(C)COC(=O)c1ccc(Nc2ncnc(N3CCC(Cc4ccccc4)CC3)c2N)cc1. The van der Waals surface area contributed by atoms with Crippen LogP contribution in [0.25, 0.3) is 0 Å². The number of anilines is 4. The van der Waals surface area contributed by atoms with Gasteiger partial charge in [-0.2, -0.15) is 0 Å². The van der Waals surface area contributed by atoms with Crippen LogP contribution in [0, 0.1) is 11.8 Å². The molecule has 1 saturated heterocycles. The van der Waals surface area contributed by atoms with E-state index in [-0.39, 0.29) is 5.97 Å². The van der Waals surface area contributed by atoms with Crippen molar-refractivity contribution in [1.82, 2.24) is 9.97 Å². The lowest BCUT2D eigenvalue weighted by molar-refractivity contribution is 0.0459. The highest BCUT2D eigenvalue weighted by atomic mass is 16.5. The van der Waals surface area contributed by atoms with E-state index in [0.717, 1.165) is 43.9 Å². The van der Waals surface area contributed by atoms with Gasteiger partial charge in [-0.25, -0.2) is 14.8 Å². The number of hydrogen-bond donors (Lipinski definition) is 2. The summed E-state index contributed by atoms with van der Waals surface area (Å²) in [4.78, 5) is 23.2. The Labute approximate surface area is 201 Å². The minimum absolute atomic E-state index is 0.300. The van der Waals surface area contributed by atoms with Gasteiger partial charge in [0.15, 0.2) is 11.6 Å². The van der Waals surface area contributed by atoms with Gasteiger partial charge in [-0.1, -0.05) is 44.2 Å². The molecule has 1 aliphatic rings. The van der Waals surface area contributed by atoms with Gasteiger partial charge >= 0.3 is 5.97 Å². The van der Waals surface area contributed by atoms with Crippen molar-refractivity contribution < 1.29 is 9.53 Å². The third kappa shape index (κ3) is 6.04. The fourth-order valence-corrected chi connectivity index (χ4v) is 4.19. The number of nitrogens with one attached hydrogen (secondary N) is 1. The molecule has 2 heterocycles. The van der Waals surface area contributed by atoms with Crippen molar-refractivity contribution in [2.75, 3.05) is 35.6 Å². The predicted molar refractivity (Wildman–Crippen MR) is 136 cm³/mol. The molecule has 0 saturated carbocycles. The molecule has 0 radical (unpaired) electrons. The van der Waals surface area contributed by atoms with Gasteiger partial charge in [0.05, 0.1) is 12.2 Å². The van der Waals surface area contributed by atoms with E-state index in [1.807, 2.05) is 26.0 Å². The second kappa shape index (κ2) is 11.0. The lowest BCUT2D eigenvalue weighted by Crippen LogP contribution is -2.35. The van der Waals surface area contributed by atoms with Crippen molar-refractivity contribution in [3.05, 3.63) is 72.1 Å². The summed E-state index contributed by atoms with van der Waals surface area (Å²) >= 11 is 0. The highest BCUT2D eigenvalue weighted by molar-refractivity contribution is 5.90. The molecule has 0 amide bonds. The third-order valence-electron chi connectivity index (χ3n) is 6.08. The lowest BCUT2D eigenvalue weighted by Gasteiger charge is -2.33. The molecule has 7 nitrogen and oxygen atoms in total. The van der Waals surface area contributed by atoms with Crippen LogP contribution < -0.4 is 16.0 Å². The van der Waals surface area contributed by atoms with Gasteiger partial charge in [0.1, 0.15) is 12.0 Å². The van der Waals surface area contributed by atoms with Gasteiger partial charge < -0.3 is 20.7 Å². The first-order valence-corrected chi connectivity index (χ1v) is 11.9. The molecular formula is C27H33N5O2. The van der Waals surface area contributed by atoms with Crippen molar-refractivity contribution in [3.8, 4) is 0 Å². The lowest BCUT2D eigenvalue weighted by atomic mass is 9.90. The number of carbonyl (C=O) groups is 1. The van der Waals surface area contributed by atoms with Crippen molar-refractivity contribution in [1.29, 1.82) is 0 Å². The average Bonchev–Trinajstić information content (AvgIpc) is 2.85. The zero-order valence-electron chi connectivity index (χ0n) is 19.9. The number of nitrogens with two attached hydrogens (primary N) is 1. The first-order chi connectivity index (χ1) is 16.5.